The van der Waals surface area contributed by atoms with Crippen LogP contribution in [0.1, 0.15) is 12.0 Å². The van der Waals surface area contributed by atoms with Crippen LogP contribution in [-0.2, 0) is 21.2 Å². The van der Waals surface area contributed by atoms with Crippen LogP contribution >= 0.6 is 11.3 Å². The van der Waals surface area contributed by atoms with Gasteiger partial charge in [0.1, 0.15) is 11.4 Å². The van der Waals surface area contributed by atoms with Gasteiger partial charge in [-0.2, -0.15) is 0 Å². The monoisotopic (exact) mass is 417 g/mol. The zero-order chi connectivity index (χ0) is 19.9. The molecule has 1 aliphatic heterocycles. The van der Waals surface area contributed by atoms with Gasteiger partial charge in [0.25, 0.3) is 5.56 Å². The second-order valence-electron chi connectivity index (χ2n) is 7.04. The molecule has 28 heavy (non-hydrogen) atoms. The van der Waals surface area contributed by atoms with Crippen LogP contribution in [-0.4, -0.2) is 41.4 Å². The summed E-state index contributed by atoms with van der Waals surface area (Å²) in [6, 6.07) is 7.49. The zero-order valence-corrected chi connectivity index (χ0v) is 16.8. The SMILES string of the molecule is Cc1ccc(-c2csc3ncn(CC(=O)N[C@@H]4CCS(=O)(=O)C4)c(=O)c23)cc1. The highest BCUT2D eigenvalue weighted by Crippen LogP contribution is 2.30. The minimum absolute atomic E-state index is 0.0486. The molecule has 1 aliphatic rings. The van der Waals surface area contributed by atoms with Crippen molar-refractivity contribution in [2.45, 2.75) is 25.9 Å². The van der Waals surface area contributed by atoms with E-state index in [1.54, 1.807) is 0 Å². The van der Waals surface area contributed by atoms with Crippen molar-refractivity contribution in [2.75, 3.05) is 11.5 Å². The van der Waals surface area contributed by atoms with Gasteiger partial charge in [-0.15, -0.1) is 11.3 Å². The Balaban J connectivity index is 1.61. The number of amides is 1. The molecule has 0 unspecified atom stereocenters. The van der Waals surface area contributed by atoms with Crippen molar-refractivity contribution in [3.05, 3.63) is 51.9 Å². The van der Waals surface area contributed by atoms with Gasteiger partial charge in [0.2, 0.25) is 5.91 Å². The van der Waals surface area contributed by atoms with E-state index >= 15 is 0 Å². The molecule has 4 rings (SSSR count). The predicted octanol–water partition coefficient (Wildman–Crippen LogP) is 1.74. The number of nitrogens with one attached hydrogen (secondary N) is 1. The number of hydrogen-bond acceptors (Lipinski definition) is 6. The molecule has 7 nitrogen and oxygen atoms in total. The van der Waals surface area contributed by atoms with Gasteiger partial charge in [0.15, 0.2) is 9.84 Å². The first-order valence-corrected chi connectivity index (χ1v) is 11.6. The maximum absolute atomic E-state index is 13.0. The van der Waals surface area contributed by atoms with E-state index in [9.17, 15) is 18.0 Å². The Morgan fingerprint density at radius 3 is 2.75 bits per heavy atom. The van der Waals surface area contributed by atoms with E-state index in [0.717, 1.165) is 16.7 Å². The molecule has 1 aromatic carbocycles. The summed E-state index contributed by atoms with van der Waals surface area (Å²) in [5.74, 6) is -0.356. The van der Waals surface area contributed by atoms with Crippen molar-refractivity contribution in [1.82, 2.24) is 14.9 Å². The van der Waals surface area contributed by atoms with Crippen LogP contribution in [0.4, 0.5) is 0 Å². The van der Waals surface area contributed by atoms with E-state index in [4.69, 9.17) is 0 Å². The molecule has 0 radical (unpaired) electrons. The highest BCUT2D eigenvalue weighted by molar-refractivity contribution is 7.91. The average Bonchev–Trinajstić information content (AvgIpc) is 3.21. The third kappa shape index (κ3) is 3.72. The number of rotatable bonds is 4. The van der Waals surface area contributed by atoms with Gasteiger partial charge in [-0.3, -0.25) is 14.2 Å². The number of sulfone groups is 1. The lowest BCUT2D eigenvalue weighted by molar-refractivity contribution is -0.122. The van der Waals surface area contributed by atoms with Crippen molar-refractivity contribution in [2.24, 2.45) is 0 Å². The lowest BCUT2D eigenvalue weighted by Gasteiger charge is -2.12. The van der Waals surface area contributed by atoms with Crippen molar-refractivity contribution >= 4 is 37.3 Å². The molecule has 0 spiro atoms. The standard InChI is InChI=1S/C19H19N3O4S2/c1-12-2-4-13(5-3-12)15-9-27-18-17(15)19(24)22(11-20-18)8-16(23)21-14-6-7-28(25,26)10-14/h2-5,9,11,14H,6-8,10H2,1H3,(H,21,23)/t14-/m1/s1. The van der Waals surface area contributed by atoms with Crippen LogP contribution in [0.5, 0.6) is 0 Å². The molecule has 1 atom stereocenters. The summed E-state index contributed by atoms with van der Waals surface area (Å²) in [4.78, 5) is 30.2. The van der Waals surface area contributed by atoms with Crippen LogP contribution in [0.3, 0.4) is 0 Å². The molecule has 0 aliphatic carbocycles. The molecule has 9 heteroatoms. The first kappa shape index (κ1) is 18.8. The van der Waals surface area contributed by atoms with Crippen LogP contribution in [0.25, 0.3) is 21.3 Å². The Hall–Kier alpha value is -2.52. The molecule has 1 fully saturated rings. The number of hydrogen-bond donors (Lipinski definition) is 1. The number of carbonyl (C=O) groups is 1. The molecule has 146 valence electrons. The lowest BCUT2D eigenvalue weighted by atomic mass is 10.1. The fourth-order valence-corrected chi connectivity index (χ4v) is 5.94. The average molecular weight is 418 g/mol. The Bertz CT molecular complexity index is 1210. The number of thiophene rings is 1. The van der Waals surface area contributed by atoms with Crippen molar-refractivity contribution in [3.63, 3.8) is 0 Å². The highest BCUT2D eigenvalue weighted by atomic mass is 32.2. The maximum Gasteiger partial charge on any atom is 0.263 e. The minimum atomic E-state index is -3.08. The van der Waals surface area contributed by atoms with Gasteiger partial charge in [-0.05, 0) is 18.9 Å². The summed E-state index contributed by atoms with van der Waals surface area (Å²) >= 11 is 1.39. The van der Waals surface area contributed by atoms with E-state index < -0.39 is 21.8 Å². The Morgan fingerprint density at radius 2 is 2.07 bits per heavy atom. The second-order valence-corrected chi connectivity index (χ2v) is 10.1. The number of fused-ring (bicyclic) bond motifs is 1. The topological polar surface area (TPSA) is 98.1 Å². The van der Waals surface area contributed by atoms with E-state index in [1.807, 2.05) is 36.6 Å². The van der Waals surface area contributed by atoms with E-state index in [2.05, 4.69) is 10.3 Å². The molecule has 3 aromatic rings. The molecule has 0 bridgehead atoms. The second kappa shape index (κ2) is 7.14. The van der Waals surface area contributed by atoms with Crippen molar-refractivity contribution in [1.29, 1.82) is 0 Å². The summed E-state index contributed by atoms with van der Waals surface area (Å²) < 4.78 is 24.3. The van der Waals surface area contributed by atoms with Gasteiger partial charge in [0, 0.05) is 17.0 Å². The summed E-state index contributed by atoms with van der Waals surface area (Å²) in [5, 5.41) is 5.10. The third-order valence-corrected chi connectivity index (χ3v) is 7.49. The number of aromatic nitrogens is 2. The van der Waals surface area contributed by atoms with Crippen LogP contribution in [0.2, 0.25) is 0 Å². The summed E-state index contributed by atoms with van der Waals surface area (Å²) in [6.45, 7) is 1.81. The van der Waals surface area contributed by atoms with Crippen molar-refractivity contribution < 1.29 is 13.2 Å². The van der Waals surface area contributed by atoms with Crippen LogP contribution < -0.4 is 10.9 Å². The van der Waals surface area contributed by atoms with E-state index in [-0.39, 0.29) is 23.6 Å². The third-order valence-electron chi connectivity index (χ3n) is 4.83. The Labute approximate surface area is 166 Å². The quantitative estimate of drug-likeness (QED) is 0.697. The molecule has 2 aromatic heterocycles. The molecule has 0 saturated carbocycles. The van der Waals surface area contributed by atoms with Gasteiger partial charge in [-0.1, -0.05) is 29.8 Å². The molecule has 1 N–H and O–H groups in total. The predicted molar refractivity (Wildman–Crippen MR) is 109 cm³/mol. The highest BCUT2D eigenvalue weighted by Gasteiger charge is 2.29. The molecule has 1 saturated heterocycles. The van der Waals surface area contributed by atoms with Crippen LogP contribution in [0, 0.1) is 6.92 Å². The van der Waals surface area contributed by atoms with Gasteiger partial charge < -0.3 is 5.32 Å². The summed E-state index contributed by atoms with van der Waals surface area (Å²) in [5.41, 5.74) is 2.57. The van der Waals surface area contributed by atoms with Gasteiger partial charge >= 0.3 is 0 Å². The zero-order valence-electron chi connectivity index (χ0n) is 15.2. The Kier molecular flexibility index (Phi) is 4.80. The largest absolute Gasteiger partial charge is 0.351 e. The fourth-order valence-electron chi connectivity index (χ4n) is 3.36. The molecular weight excluding hydrogens is 398 g/mol. The number of carbonyl (C=O) groups excluding carboxylic acids is 1. The van der Waals surface area contributed by atoms with Crippen LogP contribution in [0.15, 0.2) is 40.8 Å². The molecular formula is C19H19N3O4S2. The first-order chi connectivity index (χ1) is 13.3. The smallest absolute Gasteiger partial charge is 0.263 e. The maximum atomic E-state index is 13.0. The fraction of sp³-hybridized carbons (Fsp3) is 0.316. The van der Waals surface area contributed by atoms with Crippen molar-refractivity contribution in [3.8, 4) is 11.1 Å². The molecule has 1 amide bonds. The van der Waals surface area contributed by atoms with E-state index in [1.165, 1.54) is 22.2 Å². The van der Waals surface area contributed by atoms with Gasteiger partial charge in [0.05, 0.1) is 23.2 Å². The summed E-state index contributed by atoms with van der Waals surface area (Å²) in [7, 11) is -3.08. The minimum Gasteiger partial charge on any atom is -0.351 e. The van der Waals surface area contributed by atoms with E-state index in [0.29, 0.717) is 16.6 Å². The van der Waals surface area contributed by atoms with Gasteiger partial charge in [-0.25, -0.2) is 13.4 Å². The Morgan fingerprint density at radius 1 is 1.32 bits per heavy atom. The number of nitrogens with zero attached hydrogens (tertiary/aromatic N) is 2. The first-order valence-electron chi connectivity index (χ1n) is 8.86. The molecule has 3 heterocycles. The normalized spacial score (nSPS) is 18.4. The number of aryl methyl sites for hydroxylation is 1. The lowest BCUT2D eigenvalue weighted by Crippen LogP contribution is -2.39. The summed E-state index contributed by atoms with van der Waals surface area (Å²) in [6.07, 6.45) is 1.77. The number of benzene rings is 1.